The number of thiocarbonyl (C=S) groups is 1. The van der Waals surface area contributed by atoms with E-state index < -0.39 is 0 Å². The summed E-state index contributed by atoms with van der Waals surface area (Å²) >= 11 is 5.81. The molecule has 5 rings (SSSR count). The average Bonchev–Trinajstić information content (AvgIpc) is 3.46. The molecule has 0 aliphatic carbocycles. The van der Waals surface area contributed by atoms with Crippen molar-refractivity contribution in [2.24, 2.45) is 0 Å². The number of nitrogens with one attached hydrogen (secondary N) is 1. The summed E-state index contributed by atoms with van der Waals surface area (Å²) in [5.41, 5.74) is 4.10. The predicted octanol–water partition coefficient (Wildman–Crippen LogP) is 4.84. The van der Waals surface area contributed by atoms with Crippen LogP contribution < -0.4 is 10.1 Å². The second-order valence-corrected chi connectivity index (χ2v) is 8.19. The molecule has 2 atom stereocenters. The molecule has 0 bridgehead atoms. The third-order valence-electron chi connectivity index (χ3n) is 5.77. The maximum atomic E-state index is 5.81. The van der Waals surface area contributed by atoms with E-state index in [1.165, 1.54) is 0 Å². The molecule has 6 nitrogen and oxygen atoms in total. The van der Waals surface area contributed by atoms with Crippen molar-refractivity contribution in [3.63, 3.8) is 0 Å². The van der Waals surface area contributed by atoms with Gasteiger partial charge in [-0.15, -0.1) is 0 Å². The van der Waals surface area contributed by atoms with Crippen LogP contribution in [0.2, 0.25) is 0 Å². The second-order valence-electron chi connectivity index (χ2n) is 7.81. The van der Waals surface area contributed by atoms with Gasteiger partial charge in [0.15, 0.2) is 5.11 Å². The fraction of sp³-hybridized carbons (Fsp3) is 0.192. The molecule has 1 fully saturated rings. The molecular weight excluding hydrogens is 430 g/mol. The van der Waals surface area contributed by atoms with Crippen LogP contribution in [0.1, 0.15) is 36.1 Å². The number of hydrogen-bond acceptors (Lipinski definition) is 4. The highest BCUT2D eigenvalue weighted by molar-refractivity contribution is 7.80. The molecule has 1 aliphatic heterocycles. The summed E-state index contributed by atoms with van der Waals surface area (Å²) in [5, 5.41) is 4.21. The molecule has 166 valence electrons. The second kappa shape index (κ2) is 9.42. The van der Waals surface area contributed by atoms with Gasteiger partial charge in [0.25, 0.3) is 0 Å². The Morgan fingerprint density at radius 1 is 0.939 bits per heavy atom. The molecule has 0 spiro atoms. The Morgan fingerprint density at radius 2 is 1.73 bits per heavy atom. The minimum absolute atomic E-state index is 0.0593. The van der Waals surface area contributed by atoms with E-state index in [0.29, 0.717) is 18.3 Å². The third-order valence-corrected chi connectivity index (χ3v) is 6.12. The van der Waals surface area contributed by atoms with Crippen molar-refractivity contribution in [2.45, 2.75) is 25.6 Å². The molecule has 7 heteroatoms. The number of rotatable bonds is 7. The van der Waals surface area contributed by atoms with Crippen molar-refractivity contribution in [2.75, 3.05) is 6.61 Å². The molecule has 4 aromatic rings. The van der Waals surface area contributed by atoms with Crippen molar-refractivity contribution in [3.05, 3.63) is 108 Å². The summed E-state index contributed by atoms with van der Waals surface area (Å²) < 4.78 is 7.83. The van der Waals surface area contributed by atoms with Crippen molar-refractivity contribution in [3.8, 4) is 11.4 Å². The SMILES string of the molecule is CCOc1ccc(-n2cccc2[C@H]2[C@@H](c3ccccn3)NC(=S)N2Cc2ccccn2)cc1. The first kappa shape index (κ1) is 21.2. The highest BCUT2D eigenvalue weighted by Crippen LogP contribution is 2.40. The van der Waals surface area contributed by atoms with Crippen LogP contribution in [0, 0.1) is 0 Å². The van der Waals surface area contributed by atoms with Gasteiger partial charge in [-0.25, -0.2) is 0 Å². The molecule has 1 aromatic carbocycles. The summed E-state index contributed by atoms with van der Waals surface area (Å²) in [4.78, 5) is 11.4. The molecule has 0 amide bonds. The largest absolute Gasteiger partial charge is 0.494 e. The van der Waals surface area contributed by atoms with E-state index in [1.807, 2.05) is 67.8 Å². The van der Waals surface area contributed by atoms with E-state index in [0.717, 1.165) is 28.5 Å². The van der Waals surface area contributed by atoms with Crippen LogP contribution in [0.5, 0.6) is 5.75 Å². The Balaban J connectivity index is 1.56. The van der Waals surface area contributed by atoms with Crippen molar-refractivity contribution < 1.29 is 4.74 Å². The van der Waals surface area contributed by atoms with Gasteiger partial charge in [0.2, 0.25) is 0 Å². The Hall–Kier alpha value is -3.71. The van der Waals surface area contributed by atoms with Gasteiger partial charge in [-0.05, 0) is 79.8 Å². The Kier molecular flexibility index (Phi) is 6.04. The van der Waals surface area contributed by atoms with E-state index in [-0.39, 0.29) is 12.1 Å². The predicted molar refractivity (Wildman–Crippen MR) is 132 cm³/mol. The number of hydrogen-bond donors (Lipinski definition) is 1. The molecule has 0 unspecified atom stereocenters. The number of nitrogens with zero attached hydrogens (tertiary/aromatic N) is 4. The van der Waals surface area contributed by atoms with Crippen LogP contribution in [-0.4, -0.2) is 31.2 Å². The van der Waals surface area contributed by atoms with Crippen molar-refractivity contribution in [1.82, 2.24) is 24.8 Å². The molecular formula is C26H25N5OS. The summed E-state index contributed by atoms with van der Waals surface area (Å²) in [6.45, 7) is 3.24. The fourth-order valence-electron chi connectivity index (χ4n) is 4.30. The van der Waals surface area contributed by atoms with Crippen LogP contribution in [-0.2, 0) is 6.54 Å². The van der Waals surface area contributed by atoms with Crippen LogP contribution in [0.15, 0.2) is 91.4 Å². The zero-order valence-electron chi connectivity index (χ0n) is 18.3. The lowest BCUT2D eigenvalue weighted by atomic mass is 10.0. The van der Waals surface area contributed by atoms with E-state index >= 15 is 0 Å². The van der Waals surface area contributed by atoms with Crippen molar-refractivity contribution in [1.29, 1.82) is 0 Å². The van der Waals surface area contributed by atoms with Gasteiger partial charge in [-0.3, -0.25) is 9.97 Å². The molecule has 1 saturated heterocycles. The normalized spacial score (nSPS) is 17.7. The standard InChI is InChI=1S/C26H25N5OS/c1-2-32-21-13-11-20(12-14-21)30-17-7-10-23(30)25-24(22-9-4-6-16-28-22)29-26(33)31(25)18-19-8-3-5-15-27-19/h3-17,24-25H,2,18H2,1H3,(H,29,33)/t24-,25+/m1/s1. The molecule has 1 aliphatic rings. The molecule has 33 heavy (non-hydrogen) atoms. The van der Waals surface area contributed by atoms with E-state index in [2.05, 4.69) is 55.2 Å². The number of ether oxygens (including phenoxy) is 1. The average molecular weight is 456 g/mol. The van der Waals surface area contributed by atoms with Gasteiger partial charge in [0.1, 0.15) is 5.75 Å². The van der Waals surface area contributed by atoms with E-state index in [4.69, 9.17) is 17.0 Å². The lowest BCUT2D eigenvalue weighted by molar-refractivity contribution is 0.299. The Morgan fingerprint density at radius 3 is 2.42 bits per heavy atom. The fourth-order valence-corrected chi connectivity index (χ4v) is 4.61. The lowest BCUT2D eigenvalue weighted by Crippen LogP contribution is -2.30. The van der Waals surface area contributed by atoms with Crippen LogP contribution in [0.4, 0.5) is 0 Å². The minimum Gasteiger partial charge on any atom is -0.494 e. The summed E-state index contributed by atoms with van der Waals surface area (Å²) in [6, 6.07) is 24.2. The molecule has 1 N–H and O–H groups in total. The van der Waals surface area contributed by atoms with E-state index in [1.54, 1.807) is 0 Å². The topological polar surface area (TPSA) is 55.2 Å². The van der Waals surface area contributed by atoms with Gasteiger partial charge < -0.3 is 19.5 Å². The van der Waals surface area contributed by atoms with Gasteiger partial charge in [0, 0.05) is 30.0 Å². The maximum absolute atomic E-state index is 5.81. The van der Waals surface area contributed by atoms with Gasteiger partial charge in [-0.2, -0.15) is 0 Å². The zero-order valence-corrected chi connectivity index (χ0v) is 19.2. The number of benzene rings is 1. The minimum atomic E-state index is -0.0845. The highest BCUT2D eigenvalue weighted by atomic mass is 32.1. The van der Waals surface area contributed by atoms with Gasteiger partial charge >= 0.3 is 0 Å². The smallest absolute Gasteiger partial charge is 0.170 e. The van der Waals surface area contributed by atoms with Crippen LogP contribution >= 0.6 is 12.2 Å². The van der Waals surface area contributed by atoms with Gasteiger partial charge in [0.05, 0.1) is 36.6 Å². The Bertz CT molecular complexity index is 1210. The van der Waals surface area contributed by atoms with Crippen LogP contribution in [0.3, 0.4) is 0 Å². The highest BCUT2D eigenvalue weighted by Gasteiger charge is 2.41. The third kappa shape index (κ3) is 4.32. The summed E-state index contributed by atoms with van der Waals surface area (Å²) in [6.07, 6.45) is 5.72. The van der Waals surface area contributed by atoms with Crippen LogP contribution in [0.25, 0.3) is 5.69 Å². The summed E-state index contributed by atoms with van der Waals surface area (Å²) in [5.74, 6) is 0.863. The zero-order chi connectivity index (χ0) is 22.6. The molecule has 0 radical (unpaired) electrons. The van der Waals surface area contributed by atoms with Gasteiger partial charge in [-0.1, -0.05) is 12.1 Å². The first-order valence-corrected chi connectivity index (χ1v) is 11.4. The molecule has 3 aromatic heterocycles. The first-order valence-electron chi connectivity index (χ1n) is 11.0. The summed E-state index contributed by atoms with van der Waals surface area (Å²) in [7, 11) is 0. The number of aromatic nitrogens is 3. The first-order chi connectivity index (χ1) is 16.2. The molecule has 0 saturated carbocycles. The lowest BCUT2D eigenvalue weighted by Gasteiger charge is -2.28. The van der Waals surface area contributed by atoms with E-state index in [9.17, 15) is 0 Å². The number of pyridine rings is 2. The quantitative estimate of drug-likeness (QED) is 0.403. The van der Waals surface area contributed by atoms with Crippen molar-refractivity contribution >= 4 is 17.3 Å². The monoisotopic (exact) mass is 455 g/mol. The maximum Gasteiger partial charge on any atom is 0.170 e. The molecule has 4 heterocycles. The Labute approximate surface area is 198 Å².